The summed E-state index contributed by atoms with van der Waals surface area (Å²) in [6.07, 6.45) is 4.33. The lowest BCUT2D eigenvalue weighted by Crippen LogP contribution is -3.00. The topological polar surface area (TPSA) is 39.6 Å². The Hall–Kier alpha value is -3.13. The molecule has 0 atom stereocenters. The van der Waals surface area contributed by atoms with E-state index in [4.69, 9.17) is 14.5 Å². The number of hydrogen-bond donors (Lipinski definition) is 0. The molecule has 0 saturated heterocycles. The second kappa shape index (κ2) is 9.02. The Morgan fingerprint density at radius 3 is 2.42 bits per heavy atom. The molecule has 0 aliphatic rings. The minimum absolute atomic E-state index is 0. The van der Waals surface area contributed by atoms with Gasteiger partial charge in [-0.15, -0.1) is 0 Å². The number of hydrogen-bond acceptors (Lipinski definition) is 3. The van der Waals surface area contributed by atoms with Crippen LogP contribution < -0.4 is 43.2 Å². The first-order chi connectivity index (χ1) is 15.5. The van der Waals surface area contributed by atoms with Crippen molar-refractivity contribution in [3.05, 3.63) is 83.1 Å². The SMILES string of the molecule is COc1ccc(OC)c(/C=c2\c(-c3ccccc3)c(C)n3ccc4c(nc(C)[n+]4C)c23)c1.[I-]. The van der Waals surface area contributed by atoms with Crippen LogP contribution in [0, 0.1) is 13.8 Å². The summed E-state index contributed by atoms with van der Waals surface area (Å²) in [5, 5.41) is 1.11. The smallest absolute Gasteiger partial charge is 0.296 e. The number of pyridine rings is 1. The molecule has 0 unspecified atom stereocenters. The van der Waals surface area contributed by atoms with Crippen LogP contribution in [0.3, 0.4) is 0 Å². The number of imidazole rings is 1. The summed E-state index contributed by atoms with van der Waals surface area (Å²) in [4.78, 5) is 4.93. The molecule has 5 nitrogen and oxygen atoms in total. The Labute approximate surface area is 210 Å². The number of halogens is 1. The number of aromatic nitrogens is 3. The zero-order chi connectivity index (χ0) is 22.4. The van der Waals surface area contributed by atoms with Gasteiger partial charge in [-0.25, -0.2) is 4.57 Å². The van der Waals surface area contributed by atoms with E-state index in [9.17, 15) is 0 Å². The number of aryl methyl sites for hydroxylation is 3. The van der Waals surface area contributed by atoms with Crippen molar-refractivity contribution in [2.45, 2.75) is 13.8 Å². The van der Waals surface area contributed by atoms with Crippen molar-refractivity contribution in [1.82, 2.24) is 9.38 Å². The predicted octanol–water partition coefficient (Wildman–Crippen LogP) is 1.16. The molecular formula is C27H26IN3O2. The highest BCUT2D eigenvalue weighted by atomic mass is 127. The number of benzene rings is 2. The summed E-state index contributed by atoms with van der Waals surface area (Å²) >= 11 is 0. The molecule has 3 aromatic heterocycles. The summed E-state index contributed by atoms with van der Waals surface area (Å²) in [6, 6.07) is 18.5. The first kappa shape index (κ1) is 23.0. The molecular weight excluding hydrogens is 525 g/mol. The molecule has 2 aromatic carbocycles. The van der Waals surface area contributed by atoms with Gasteiger partial charge in [0.25, 0.3) is 5.82 Å². The highest BCUT2D eigenvalue weighted by molar-refractivity contribution is 5.94. The number of fused-ring (bicyclic) bond motifs is 3. The Kier molecular flexibility index (Phi) is 6.30. The monoisotopic (exact) mass is 551 g/mol. The Balaban J connectivity index is 0.00000259. The first-order valence-corrected chi connectivity index (χ1v) is 10.6. The van der Waals surface area contributed by atoms with Crippen molar-refractivity contribution in [3.8, 4) is 22.6 Å². The van der Waals surface area contributed by atoms with Gasteiger partial charge in [-0.3, -0.25) is 0 Å². The molecule has 5 aromatic rings. The molecule has 0 aliphatic carbocycles. The molecule has 0 amide bonds. The zero-order valence-electron chi connectivity index (χ0n) is 19.4. The summed E-state index contributed by atoms with van der Waals surface area (Å²) in [5.41, 5.74) is 7.68. The normalized spacial score (nSPS) is 11.7. The van der Waals surface area contributed by atoms with E-state index in [0.29, 0.717) is 0 Å². The second-order valence-corrected chi connectivity index (χ2v) is 7.98. The highest BCUT2D eigenvalue weighted by Gasteiger charge is 2.23. The molecule has 0 bridgehead atoms. The van der Waals surface area contributed by atoms with E-state index in [0.717, 1.165) is 44.7 Å². The molecule has 0 radical (unpaired) electrons. The summed E-state index contributed by atoms with van der Waals surface area (Å²) < 4.78 is 15.6. The Morgan fingerprint density at radius 2 is 1.73 bits per heavy atom. The minimum atomic E-state index is 0. The fourth-order valence-corrected chi connectivity index (χ4v) is 4.51. The Bertz CT molecular complexity index is 1520. The van der Waals surface area contributed by atoms with Crippen LogP contribution in [0.15, 0.2) is 60.8 Å². The average Bonchev–Trinajstić information content (AvgIpc) is 3.27. The average molecular weight is 551 g/mol. The van der Waals surface area contributed by atoms with Crippen molar-refractivity contribution in [2.75, 3.05) is 14.2 Å². The lowest BCUT2D eigenvalue weighted by molar-refractivity contribution is -0.651. The molecule has 0 aliphatic heterocycles. The standard InChI is InChI=1S/C27H26N3O2.HI/c1-17-25(19-9-7-6-8-10-19)22(16-20-15-21(31-4)11-12-24(20)32-5)27-26-23(13-14-30(17)27)29(3)18(2)28-26;/h6-16H,1-5H3;1H/q+1;/p-1/b22-16+;. The summed E-state index contributed by atoms with van der Waals surface area (Å²) in [5.74, 6) is 2.57. The Morgan fingerprint density at radius 1 is 0.970 bits per heavy atom. The lowest BCUT2D eigenvalue weighted by atomic mass is 10.0. The van der Waals surface area contributed by atoms with Gasteiger partial charge in [-0.1, -0.05) is 30.3 Å². The fraction of sp³-hybridized carbons (Fsp3) is 0.185. The van der Waals surface area contributed by atoms with Gasteiger partial charge < -0.3 is 37.9 Å². The van der Waals surface area contributed by atoms with E-state index in [2.05, 4.69) is 65.5 Å². The van der Waals surface area contributed by atoms with Crippen LogP contribution in [0.2, 0.25) is 0 Å². The number of methoxy groups -OCH3 is 2. The van der Waals surface area contributed by atoms with Gasteiger partial charge in [0.05, 0.1) is 21.3 Å². The van der Waals surface area contributed by atoms with Gasteiger partial charge in [0.1, 0.15) is 17.0 Å². The quantitative estimate of drug-likeness (QED) is 0.249. The molecule has 33 heavy (non-hydrogen) atoms. The van der Waals surface area contributed by atoms with Crippen LogP contribution in [0.25, 0.3) is 33.8 Å². The maximum absolute atomic E-state index is 5.68. The van der Waals surface area contributed by atoms with E-state index >= 15 is 0 Å². The molecule has 0 saturated carbocycles. The summed E-state index contributed by atoms with van der Waals surface area (Å²) in [6.45, 7) is 4.20. The maximum Gasteiger partial charge on any atom is 0.296 e. The van der Waals surface area contributed by atoms with Gasteiger partial charge in [0.15, 0.2) is 5.52 Å². The highest BCUT2D eigenvalue weighted by Crippen LogP contribution is 2.29. The van der Waals surface area contributed by atoms with Gasteiger partial charge >= 0.3 is 0 Å². The third-order valence-corrected chi connectivity index (χ3v) is 6.26. The van der Waals surface area contributed by atoms with E-state index in [1.807, 2.05) is 31.2 Å². The molecule has 0 spiro atoms. The largest absolute Gasteiger partial charge is 1.00 e. The maximum atomic E-state index is 5.68. The fourth-order valence-electron chi connectivity index (χ4n) is 4.51. The van der Waals surface area contributed by atoms with Crippen LogP contribution in [-0.2, 0) is 7.05 Å². The van der Waals surface area contributed by atoms with Crippen molar-refractivity contribution in [3.63, 3.8) is 0 Å². The minimum Gasteiger partial charge on any atom is -1.00 e. The predicted molar refractivity (Wildman–Crippen MR) is 127 cm³/mol. The van der Waals surface area contributed by atoms with E-state index in [1.165, 1.54) is 16.8 Å². The van der Waals surface area contributed by atoms with Crippen molar-refractivity contribution in [2.24, 2.45) is 7.05 Å². The first-order valence-electron chi connectivity index (χ1n) is 10.6. The van der Waals surface area contributed by atoms with E-state index < -0.39 is 0 Å². The molecule has 0 fully saturated rings. The van der Waals surface area contributed by atoms with Crippen LogP contribution in [0.1, 0.15) is 17.1 Å². The second-order valence-electron chi connectivity index (χ2n) is 7.98. The number of ether oxygens (including phenoxy) is 2. The van der Waals surface area contributed by atoms with Crippen LogP contribution in [0.4, 0.5) is 0 Å². The third kappa shape index (κ3) is 3.72. The third-order valence-electron chi connectivity index (χ3n) is 6.26. The van der Waals surface area contributed by atoms with E-state index in [-0.39, 0.29) is 24.0 Å². The van der Waals surface area contributed by atoms with Gasteiger partial charge in [0.2, 0.25) is 5.52 Å². The molecule has 168 valence electrons. The van der Waals surface area contributed by atoms with Gasteiger partial charge in [-0.05, 0) is 41.7 Å². The van der Waals surface area contributed by atoms with Crippen molar-refractivity contribution >= 4 is 22.6 Å². The number of nitrogens with zero attached hydrogens (tertiary/aromatic N) is 3. The van der Waals surface area contributed by atoms with Crippen molar-refractivity contribution in [1.29, 1.82) is 0 Å². The summed E-state index contributed by atoms with van der Waals surface area (Å²) in [7, 11) is 5.43. The van der Waals surface area contributed by atoms with Crippen LogP contribution in [0.5, 0.6) is 11.5 Å². The van der Waals surface area contributed by atoms with Gasteiger partial charge in [-0.2, -0.15) is 0 Å². The lowest BCUT2D eigenvalue weighted by Gasteiger charge is -2.07. The van der Waals surface area contributed by atoms with Crippen LogP contribution in [-0.4, -0.2) is 23.6 Å². The molecule has 3 heterocycles. The van der Waals surface area contributed by atoms with E-state index in [1.54, 1.807) is 14.2 Å². The van der Waals surface area contributed by atoms with Crippen LogP contribution >= 0.6 is 0 Å². The van der Waals surface area contributed by atoms with Gasteiger partial charge in [0, 0.05) is 41.2 Å². The molecule has 5 rings (SSSR count). The molecule has 6 heteroatoms. The van der Waals surface area contributed by atoms with Crippen molar-refractivity contribution < 1.29 is 38.0 Å². The molecule has 0 N–H and O–H groups in total. The zero-order valence-corrected chi connectivity index (χ0v) is 21.5. The number of rotatable bonds is 4.